The van der Waals surface area contributed by atoms with Crippen molar-refractivity contribution in [3.8, 4) is 0 Å². The molecule has 0 aromatic carbocycles. The summed E-state index contributed by atoms with van der Waals surface area (Å²) in [4.78, 5) is 0. The summed E-state index contributed by atoms with van der Waals surface area (Å²) in [5, 5.41) is 3.68. The first kappa shape index (κ1) is 11.0. The van der Waals surface area contributed by atoms with E-state index < -0.39 is 0 Å². The van der Waals surface area contributed by atoms with Gasteiger partial charge in [-0.2, -0.15) is 0 Å². The summed E-state index contributed by atoms with van der Waals surface area (Å²) in [6, 6.07) is 1.32. The van der Waals surface area contributed by atoms with Crippen molar-refractivity contribution in [2.75, 3.05) is 13.7 Å². The zero-order valence-electron chi connectivity index (χ0n) is 9.01. The van der Waals surface area contributed by atoms with E-state index in [1.54, 1.807) is 7.11 Å². The van der Waals surface area contributed by atoms with E-state index in [4.69, 9.17) is 4.74 Å². The molecule has 1 aliphatic rings. The van der Waals surface area contributed by atoms with Crippen LogP contribution in [0.25, 0.3) is 0 Å². The van der Waals surface area contributed by atoms with Gasteiger partial charge in [0.25, 0.3) is 0 Å². The first-order valence-corrected chi connectivity index (χ1v) is 5.61. The Morgan fingerprint density at radius 1 is 1.31 bits per heavy atom. The minimum atomic E-state index is 0.563. The number of methoxy groups -OCH3 is 1. The van der Waals surface area contributed by atoms with E-state index in [-0.39, 0.29) is 0 Å². The highest BCUT2D eigenvalue weighted by atomic mass is 16.5. The minimum Gasteiger partial charge on any atom is -0.383 e. The van der Waals surface area contributed by atoms with E-state index in [9.17, 15) is 0 Å². The second-order valence-corrected chi connectivity index (χ2v) is 4.06. The standard InChI is InChI=1S/C11H23NO/c1-3-10(9-13-2)12-11-7-5-4-6-8-11/h10-12H,3-9H2,1-2H3. The third kappa shape index (κ3) is 4.10. The van der Waals surface area contributed by atoms with Crippen LogP contribution < -0.4 is 5.32 Å². The van der Waals surface area contributed by atoms with E-state index in [1.807, 2.05) is 0 Å². The molecule has 1 fully saturated rings. The lowest BCUT2D eigenvalue weighted by molar-refractivity contribution is 0.153. The van der Waals surface area contributed by atoms with Crippen LogP contribution >= 0.6 is 0 Å². The maximum atomic E-state index is 5.17. The molecule has 13 heavy (non-hydrogen) atoms. The Morgan fingerprint density at radius 2 is 2.00 bits per heavy atom. The molecular formula is C11H23NO. The predicted molar refractivity (Wildman–Crippen MR) is 56.0 cm³/mol. The third-order valence-electron chi connectivity index (χ3n) is 2.94. The molecule has 0 heterocycles. The maximum Gasteiger partial charge on any atom is 0.0615 e. The molecule has 2 nitrogen and oxygen atoms in total. The van der Waals surface area contributed by atoms with E-state index in [2.05, 4.69) is 12.2 Å². The Bertz CT molecular complexity index is 119. The SMILES string of the molecule is CCC(COC)NC1CCCCC1. The number of ether oxygens (including phenoxy) is 1. The Hall–Kier alpha value is -0.0800. The summed E-state index contributed by atoms with van der Waals surface area (Å²) in [7, 11) is 1.78. The smallest absolute Gasteiger partial charge is 0.0615 e. The highest BCUT2D eigenvalue weighted by Gasteiger charge is 2.16. The highest BCUT2D eigenvalue weighted by molar-refractivity contribution is 4.76. The van der Waals surface area contributed by atoms with Gasteiger partial charge in [0.15, 0.2) is 0 Å². The summed E-state index contributed by atoms with van der Waals surface area (Å²) in [5.41, 5.74) is 0. The van der Waals surface area contributed by atoms with Gasteiger partial charge in [-0.3, -0.25) is 0 Å². The molecule has 0 aromatic heterocycles. The van der Waals surface area contributed by atoms with Gasteiger partial charge in [0, 0.05) is 19.2 Å². The van der Waals surface area contributed by atoms with Crippen molar-refractivity contribution in [2.24, 2.45) is 0 Å². The largest absolute Gasteiger partial charge is 0.383 e. The summed E-state index contributed by atoms with van der Waals surface area (Å²) in [6.07, 6.45) is 8.13. The van der Waals surface area contributed by atoms with Gasteiger partial charge >= 0.3 is 0 Å². The molecule has 1 rings (SSSR count). The van der Waals surface area contributed by atoms with Crippen LogP contribution in [0.4, 0.5) is 0 Å². The summed E-state index contributed by atoms with van der Waals surface area (Å²) in [6.45, 7) is 3.08. The Morgan fingerprint density at radius 3 is 2.54 bits per heavy atom. The van der Waals surface area contributed by atoms with Gasteiger partial charge in [0.05, 0.1) is 6.61 Å². The molecule has 0 radical (unpaired) electrons. The van der Waals surface area contributed by atoms with Crippen LogP contribution in [0.15, 0.2) is 0 Å². The quantitative estimate of drug-likeness (QED) is 0.710. The van der Waals surface area contributed by atoms with Gasteiger partial charge in [0.2, 0.25) is 0 Å². The third-order valence-corrected chi connectivity index (χ3v) is 2.94. The molecule has 1 unspecified atom stereocenters. The lowest BCUT2D eigenvalue weighted by Crippen LogP contribution is -2.41. The van der Waals surface area contributed by atoms with E-state index in [1.165, 1.54) is 38.5 Å². The van der Waals surface area contributed by atoms with Crippen molar-refractivity contribution in [1.82, 2.24) is 5.32 Å². The van der Waals surface area contributed by atoms with Crippen LogP contribution in [0.2, 0.25) is 0 Å². The first-order chi connectivity index (χ1) is 6.36. The van der Waals surface area contributed by atoms with E-state index in [0.717, 1.165) is 12.6 Å². The molecule has 0 aliphatic heterocycles. The lowest BCUT2D eigenvalue weighted by atomic mass is 9.95. The fraction of sp³-hybridized carbons (Fsp3) is 1.00. The molecule has 0 amide bonds. The number of hydrogen-bond acceptors (Lipinski definition) is 2. The average Bonchev–Trinajstić information content (AvgIpc) is 2.19. The van der Waals surface area contributed by atoms with Crippen LogP contribution in [0.1, 0.15) is 45.4 Å². The zero-order chi connectivity index (χ0) is 9.52. The van der Waals surface area contributed by atoms with Crippen LogP contribution in [0.3, 0.4) is 0 Å². The highest BCUT2D eigenvalue weighted by Crippen LogP contribution is 2.18. The van der Waals surface area contributed by atoms with Gasteiger partial charge in [-0.05, 0) is 19.3 Å². The molecule has 2 heteroatoms. The van der Waals surface area contributed by atoms with Crippen molar-refractivity contribution in [3.63, 3.8) is 0 Å². The van der Waals surface area contributed by atoms with Crippen molar-refractivity contribution in [1.29, 1.82) is 0 Å². The minimum absolute atomic E-state index is 0.563. The first-order valence-electron chi connectivity index (χ1n) is 5.61. The zero-order valence-corrected chi connectivity index (χ0v) is 9.01. The van der Waals surface area contributed by atoms with E-state index >= 15 is 0 Å². The second-order valence-electron chi connectivity index (χ2n) is 4.06. The molecule has 0 aromatic rings. The molecule has 0 spiro atoms. The van der Waals surface area contributed by atoms with Gasteiger partial charge in [0.1, 0.15) is 0 Å². The molecule has 0 saturated heterocycles. The number of hydrogen-bond donors (Lipinski definition) is 1. The second kappa shape index (κ2) is 6.39. The van der Waals surface area contributed by atoms with Crippen molar-refractivity contribution >= 4 is 0 Å². The van der Waals surface area contributed by atoms with Crippen LogP contribution in [-0.4, -0.2) is 25.8 Å². The number of nitrogens with one attached hydrogen (secondary N) is 1. The predicted octanol–water partition coefficient (Wildman–Crippen LogP) is 2.33. The van der Waals surface area contributed by atoms with Crippen molar-refractivity contribution < 1.29 is 4.74 Å². The molecule has 1 N–H and O–H groups in total. The molecule has 0 bridgehead atoms. The Balaban J connectivity index is 2.18. The normalized spacial score (nSPS) is 21.7. The van der Waals surface area contributed by atoms with Gasteiger partial charge < -0.3 is 10.1 Å². The topological polar surface area (TPSA) is 21.3 Å². The lowest BCUT2D eigenvalue weighted by Gasteiger charge is -2.27. The summed E-state index contributed by atoms with van der Waals surface area (Å²) < 4.78 is 5.17. The van der Waals surface area contributed by atoms with Crippen LogP contribution in [-0.2, 0) is 4.74 Å². The Kier molecular flexibility index (Phi) is 5.40. The van der Waals surface area contributed by atoms with Crippen LogP contribution in [0, 0.1) is 0 Å². The fourth-order valence-electron chi connectivity index (χ4n) is 2.09. The Labute approximate surface area is 82.0 Å². The molecule has 78 valence electrons. The molecular weight excluding hydrogens is 162 g/mol. The molecule has 1 aliphatic carbocycles. The van der Waals surface area contributed by atoms with Crippen molar-refractivity contribution in [3.05, 3.63) is 0 Å². The fourth-order valence-corrected chi connectivity index (χ4v) is 2.09. The molecule has 1 saturated carbocycles. The summed E-state index contributed by atoms with van der Waals surface area (Å²) in [5.74, 6) is 0. The van der Waals surface area contributed by atoms with Crippen LogP contribution in [0.5, 0.6) is 0 Å². The average molecular weight is 185 g/mol. The number of rotatable bonds is 5. The van der Waals surface area contributed by atoms with Gasteiger partial charge in [-0.1, -0.05) is 26.2 Å². The van der Waals surface area contributed by atoms with Gasteiger partial charge in [-0.15, -0.1) is 0 Å². The van der Waals surface area contributed by atoms with Gasteiger partial charge in [-0.25, -0.2) is 0 Å². The summed E-state index contributed by atoms with van der Waals surface area (Å²) >= 11 is 0. The monoisotopic (exact) mass is 185 g/mol. The maximum absolute atomic E-state index is 5.17. The van der Waals surface area contributed by atoms with Crippen molar-refractivity contribution in [2.45, 2.75) is 57.5 Å². The van der Waals surface area contributed by atoms with E-state index in [0.29, 0.717) is 6.04 Å². The molecule has 1 atom stereocenters.